The molecule has 0 aliphatic carbocycles. The molecule has 6 nitrogen and oxygen atoms in total. The highest BCUT2D eigenvalue weighted by Gasteiger charge is 2.17. The quantitative estimate of drug-likeness (QED) is 0.904. The Morgan fingerprint density at radius 3 is 2.91 bits per heavy atom. The number of pyridine rings is 1. The number of hydrogen-bond donors (Lipinski definition) is 2. The molecule has 2 aromatic heterocycles. The summed E-state index contributed by atoms with van der Waals surface area (Å²) in [4.78, 5) is 26.8. The standard InChI is InChI=1S/C16H18N2O4/c19-15(17-10-11-4-1-2-8-21-11)12-6-7-13(18-16(12)20)14-5-3-9-22-14/h3,5-7,9,11H,1-2,4,8,10H2,(H,17,19)(H,18,20)/t11-/m0/s1. The van der Waals surface area contributed by atoms with E-state index >= 15 is 0 Å². The minimum absolute atomic E-state index is 0.0409. The molecule has 0 bridgehead atoms. The predicted molar refractivity (Wildman–Crippen MR) is 80.7 cm³/mol. The number of nitrogens with one attached hydrogen (secondary N) is 2. The molecule has 0 spiro atoms. The fraction of sp³-hybridized carbons (Fsp3) is 0.375. The van der Waals surface area contributed by atoms with Crippen molar-refractivity contribution < 1.29 is 13.9 Å². The van der Waals surface area contributed by atoms with Gasteiger partial charge >= 0.3 is 0 Å². The molecule has 1 atom stereocenters. The number of aromatic nitrogens is 1. The minimum atomic E-state index is -0.434. The van der Waals surface area contributed by atoms with Gasteiger partial charge in [0.05, 0.1) is 18.1 Å². The fourth-order valence-corrected chi connectivity index (χ4v) is 2.50. The Balaban J connectivity index is 1.66. The van der Waals surface area contributed by atoms with Gasteiger partial charge in [0.2, 0.25) is 0 Å². The van der Waals surface area contributed by atoms with Crippen LogP contribution in [0.15, 0.2) is 39.7 Å². The Kier molecular flexibility index (Phi) is 4.39. The number of aromatic amines is 1. The lowest BCUT2D eigenvalue weighted by Crippen LogP contribution is -2.37. The predicted octanol–water partition coefficient (Wildman–Crippen LogP) is 1.93. The Labute approximate surface area is 127 Å². The molecule has 0 aromatic carbocycles. The Morgan fingerprint density at radius 2 is 2.23 bits per heavy atom. The highest BCUT2D eigenvalue weighted by molar-refractivity contribution is 5.94. The maximum atomic E-state index is 12.1. The molecule has 2 N–H and O–H groups in total. The van der Waals surface area contributed by atoms with Crippen LogP contribution >= 0.6 is 0 Å². The second-order valence-corrected chi connectivity index (χ2v) is 5.29. The Bertz CT molecular complexity index is 684. The summed E-state index contributed by atoms with van der Waals surface area (Å²) in [5, 5.41) is 2.76. The van der Waals surface area contributed by atoms with Gasteiger partial charge in [-0.1, -0.05) is 0 Å². The van der Waals surface area contributed by atoms with Crippen molar-refractivity contribution in [3.63, 3.8) is 0 Å². The molecule has 2 aromatic rings. The highest BCUT2D eigenvalue weighted by atomic mass is 16.5. The third-order valence-corrected chi connectivity index (χ3v) is 3.71. The second kappa shape index (κ2) is 6.62. The summed E-state index contributed by atoms with van der Waals surface area (Å²) in [6.07, 6.45) is 4.68. The van der Waals surface area contributed by atoms with E-state index in [2.05, 4.69) is 10.3 Å². The van der Waals surface area contributed by atoms with E-state index in [1.54, 1.807) is 18.2 Å². The molecule has 3 heterocycles. The van der Waals surface area contributed by atoms with E-state index in [-0.39, 0.29) is 17.6 Å². The molecule has 3 rings (SSSR count). The first-order chi connectivity index (χ1) is 10.7. The number of furan rings is 1. The number of H-pyrrole nitrogens is 1. The van der Waals surface area contributed by atoms with Crippen molar-refractivity contribution in [1.29, 1.82) is 0 Å². The van der Waals surface area contributed by atoms with Crippen LogP contribution in [0.5, 0.6) is 0 Å². The molecule has 0 unspecified atom stereocenters. The zero-order valence-electron chi connectivity index (χ0n) is 12.1. The molecule has 22 heavy (non-hydrogen) atoms. The fourth-order valence-electron chi connectivity index (χ4n) is 2.50. The number of carbonyl (C=O) groups excluding carboxylic acids is 1. The summed E-state index contributed by atoms with van der Waals surface area (Å²) in [5.74, 6) is 0.168. The van der Waals surface area contributed by atoms with Crippen molar-refractivity contribution in [2.45, 2.75) is 25.4 Å². The first-order valence-corrected chi connectivity index (χ1v) is 7.41. The molecule has 1 amide bonds. The van der Waals surface area contributed by atoms with Gasteiger partial charge in [-0.05, 0) is 43.5 Å². The van der Waals surface area contributed by atoms with Crippen molar-refractivity contribution in [2.24, 2.45) is 0 Å². The van der Waals surface area contributed by atoms with Crippen LogP contribution in [0.2, 0.25) is 0 Å². The van der Waals surface area contributed by atoms with E-state index in [0.29, 0.717) is 18.0 Å². The third kappa shape index (κ3) is 3.28. The molecule has 0 saturated carbocycles. The van der Waals surface area contributed by atoms with E-state index in [1.807, 2.05) is 0 Å². The van der Waals surface area contributed by atoms with Crippen LogP contribution < -0.4 is 10.9 Å². The third-order valence-electron chi connectivity index (χ3n) is 3.71. The molecule has 0 radical (unpaired) electrons. The zero-order chi connectivity index (χ0) is 15.4. The van der Waals surface area contributed by atoms with Gasteiger partial charge in [0.25, 0.3) is 11.5 Å². The molecule has 1 fully saturated rings. The average molecular weight is 302 g/mol. The van der Waals surface area contributed by atoms with Gasteiger partial charge in [-0.15, -0.1) is 0 Å². The van der Waals surface area contributed by atoms with Crippen LogP contribution in [-0.4, -0.2) is 30.1 Å². The molecule has 116 valence electrons. The molecule has 1 aliphatic rings. The number of rotatable bonds is 4. The number of ether oxygens (including phenoxy) is 1. The SMILES string of the molecule is O=C(NC[C@@H]1CCCCO1)c1ccc(-c2ccco2)[nH]c1=O. The minimum Gasteiger partial charge on any atom is -0.463 e. The topological polar surface area (TPSA) is 84.3 Å². The average Bonchev–Trinajstić information content (AvgIpc) is 3.08. The van der Waals surface area contributed by atoms with Crippen molar-refractivity contribution in [3.05, 3.63) is 46.4 Å². The van der Waals surface area contributed by atoms with Crippen LogP contribution in [0, 0.1) is 0 Å². The van der Waals surface area contributed by atoms with Crippen LogP contribution in [0.1, 0.15) is 29.6 Å². The molecule has 1 aliphatic heterocycles. The smallest absolute Gasteiger partial charge is 0.261 e. The summed E-state index contributed by atoms with van der Waals surface area (Å²) < 4.78 is 10.8. The summed E-state index contributed by atoms with van der Waals surface area (Å²) in [5.41, 5.74) is 0.198. The van der Waals surface area contributed by atoms with E-state index in [0.717, 1.165) is 25.9 Å². The molecule has 6 heteroatoms. The Morgan fingerprint density at radius 1 is 1.32 bits per heavy atom. The molecule has 1 saturated heterocycles. The second-order valence-electron chi connectivity index (χ2n) is 5.29. The Hall–Kier alpha value is -2.34. The van der Waals surface area contributed by atoms with E-state index in [4.69, 9.17) is 9.15 Å². The highest BCUT2D eigenvalue weighted by Crippen LogP contribution is 2.15. The normalized spacial score (nSPS) is 18.1. The number of amides is 1. The van der Waals surface area contributed by atoms with E-state index in [1.165, 1.54) is 12.3 Å². The van der Waals surface area contributed by atoms with Gasteiger partial charge < -0.3 is 19.5 Å². The van der Waals surface area contributed by atoms with E-state index in [9.17, 15) is 9.59 Å². The lowest BCUT2D eigenvalue weighted by Gasteiger charge is -2.22. The van der Waals surface area contributed by atoms with Gasteiger partial charge in [-0.2, -0.15) is 0 Å². The first-order valence-electron chi connectivity index (χ1n) is 7.41. The summed E-state index contributed by atoms with van der Waals surface area (Å²) in [6.45, 7) is 1.16. The van der Waals surface area contributed by atoms with Gasteiger partial charge in [0.15, 0.2) is 0 Å². The number of carbonyl (C=O) groups is 1. The first kappa shape index (κ1) is 14.6. The van der Waals surface area contributed by atoms with Crippen LogP contribution in [0.3, 0.4) is 0 Å². The van der Waals surface area contributed by atoms with Gasteiger partial charge in [0, 0.05) is 13.2 Å². The van der Waals surface area contributed by atoms with Crippen molar-refractivity contribution in [1.82, 2.24) is 10.3 Å². The molecular formula is C16H18N2O4. The van der Waals surface area contributed by atoms with Crippen molar-refractivity contribution in [3.8, 4) is 11.5 Å². The van der Waals surface area contributed by atoms with Crippen LogP contribution in [0.25, 0.3) is 11.5 Å². The van der Waals surface area contributed by atoms with Crippen LogP contribution in [-0.2, 0) is 4.74 Å². The molecular weight excluding hydrogens is 284 g/mol. The largest absolute Gasteiger partial charge is 0.463 e. The van der Waals surface area contributed by atoms with Gasteiger partial charge in [0.1, 0.15) is 11.3 Å². The maximum absolute atomic E-state index is 12.1. The monoisotopic (exact) mass is 302 g/mol. The lowest BCUT2D eigenvalue weighted by atomic mass is 10.1. The van der Waals surface area contributed by atoms with Gasteiger partial charge in [-0.25, -0.2) is 0 Å². The lowest BCUT2D eigenvalue weighted by molar-refractivity contribution is 0.0169. The summed E-state index contributed by atoms with van der Waals surface area (Å²) in [7, 11) is 0. The van der Waals surface area contributed by atoms with Gasteiger partial charge in [-0.3, -0.25) is 9.59 Å². The van der Waals surface area contributed by atoms with Crippen molar-refractivity contribution in [2.75, 3.05) is 13.2 Å². The zero-order valence-corrected chi connectivity index (χ0v) is 12.1. The van der Waals surface area contributed by atoms with Crippen LogP contribution in [0.4, 0.5) is 0 Å². The van der Waals surface area contributed by atoms with E-state index < -0.39 is 5.56 Å². The van der Waals surface area contributed by atoms with Crippen molar-refractivity contribution >= 4 is 5.91 Å². The summed E-state index contributed by atoms with van der Waals surface area (Å²) in [6, 6.07) is 6.64. The number of hydrogen-bond acceptors (Lipinski definition) is 4. The summed E-state index contributed by atoms with van der Waals surface area (Å²) >= 11 is 0. The maximum Gasteiger partial charge on any atom is 0.261 e.